The summed E-state index contributed by atoms with van der Waals surface area (Å²) in [5.74, 6) is 5.51. The summed E-state index contributed by atoms with van der Waals surface area (Å²) in [6.45, 7) is 7.23. The molecule has 1 heterocycles. The number of aliphatic hydroxyl groups is 1. The second-order valence-corrected chi connectivity index (χ2v) is 4.45. The number of hydrogen-bond donors (Lipinski definition) is 3. The molecule has 18 heavy (non-hydrogen) atoms. The first kappa shape index (κ1) is 14.7. The SMILES string of the molecule is Cc1oc(C(=O)NN)cc1CN(CCO)C(C)C. The number of nitrogens with one attached hydrogen (secondary N) is 1. The summed E-state index contributed by atoms with van der Waals surface area (Å²) in [5.41, 5.74) is 2.96. The molecule has 1 aromatic heterocycles. The Bertz CT molecular complexity index is 401. The first-order chi connectivity index (χ1) is 8.49. The first-order valence-corrected chi connectivity index (χ1v) is 5.94. The number of carbonyl (C=O) groups excluding carboxylic acids is 1. The lowest BCUT2D eigenvalue weighted by atomic mass is 10.2. The van der Waals surface area contributed by atoms with Crippen molar-refractivity contribution in [3.8, 4) is 0 Å². The minimum atomic E-state index is -0.442. The normalized spacial score (nSPS) is 11.3. The van der Waals surface area contributed by atoms with E-state index in [4.69, 9.17) is 15.4 Å². The number of nitrogens with zero attached hydrogens (tertiary/aromatic N) is 1. The maximum atomic E-state index is 11.3. The van der Waals surface area contributed by atoms with Crippen LogP contribution in [0, 0.1) is 6.92 Å². The molecule has 0 aliphatic carbocycles. The standard InChI is InChI=1S/C12H21N3O3/c1-8(2)15(4-5-16)7-10-6-11(12(17)14-13)18-9(10)3/h6,8,16H,4-5,7,13H2,1-3H3,(H,14,17). The van der Waals surface area contributed by atoms with Crippen LogP contribution in [0.1, 0.15) is 35.7 Å². The lowest BCUT2D eigenvalue weighted by Gasteiger charge is -2.25. The van der Waals surface area contributed by atoms with Gasteiger partial charge in [-0.3, -0.25) is 15.1 Å². The number of aliphatic hydroxyl groups excluding tert-OH is 1. The van der Waals surface area contributed by atoms with Gasteiger partial charge in [-0.2, -0.15) is 0 Å². The number of hydrogen-bond acceptors (Lipinski definition) is 5. The third-order valence-corrected chi connectivity index (χ3v) is 2.87. The topological polar surface area (TPSA) is 91.7 Å². The summed E-state index contributed by atoms with van der Waals surface area (Å²) in [7, 11) is 0. The van der Waals surface area contributed by atoms with Gasteiger partial charge in [0.05, 0.1) is 6.61 Å². The van der Waals surface area contributed by atoms with Crippen molar-refractivity contribution in [3.63, 3.8) is 0 Å². The zero-order chi connectivity index (χ0) is 13.7. The molecule has 0 saturated heterocycles. The predicted octanol–water partition coefficient (Wildman–Crippen LogP) is 0.394. The highest BCUT2D eigenvalue weighted by Gasteiger charge is 2.17. The van der Waals surface area contributed by atoms with Gasteiger partial charge in [0.2, 0.25) is 0 Å². The van der Waals surface area contributed by atoms with Crippen molar-refractivity contribution in [2.75, 3.05) is 13.2 Å². The highest BCUT2D eigenvalue weighted by atomic mass is 16.4. The average Bonchev–Trinajstić information content (AvgIpc) is 2.69. The van der Waals surface area contributed by atoms with Crippen molar-refractivity contribution in [3.05, 3.63) is 23.2 Å². The Labute approximate surface area is 107 Å². The van der Waals surface area contributed by atoms with Gasteiger partial charge in [-0.1, -0.05) is 0 Å². The van der Waals surface area contributed by atoms with Crippen LogP contribution in [0.25, 0.3) is 0 Å². The largest absolute Gasteiger partial charge is 0.456 e. The second kappa shape index (κ2) is 6.53. The quantitative estimate of drug-likeness (QED) is 0.388. The number of furan rings is 1. The number of aryl methyl sites for hydroxylation is 1. The van der Waals surface area contributed by atoms with Crippen molar-refractivity contribution < 1.29 is 14.3 Å². The fourth-order valence-electron chi connectivity index (χ4n) is 1.73. The Morgan fingerprint density at radius 1 is 1.61 bits per heavy atom. The van der Waals surface area contributed by atoms with Crippen LogP contribution in [0.2, 0.25) is 0 Å². The molecule has 6 nitrogen and oxygen atoms in total. The van der Waals surface area contributed by atoms with E-state index in [0.717, 1.165) is 5.56 Å². The Morgan fingerprint density at radius 2 is 2.28 bits per heavy atom. The Hall–Kier alpha value is -1.37. The van der Waals surface area contributed by atoms with Crippen LogP contribution >= 0.6 is 0 Å². The van der Waals surface area contributed by atoms with Gasteiger partial charge >= 0.3 is 5.91 Å². The predicted molar refractivity (Wildman–Crippen MR) is 67.7 cm³/mol. The van der Waals surface area contributed by atoms with E-state index >= 15 is 0 Å². The van der Waals surface area contributed by atoms with E-state index in [1.807, 2.05) is 5.43 Å². The highest BCUT2D eigenvalue weighted by Crippen LogP contribution is 2.17. The fraction of sp³-hybridized carbons (Fsp3) is 0.583. The van der Waals surface area contributed by atoms with Crippen molar-refractivity contribution >= 4 is 5.91 Å². The molecule has 4 N–H and O–H groups in total. The van der Waals surface area contributed by atoms with Crippen molar-refractivity contribution in [2.45, 2.75) is 33.4 Å². The number of amides is 1. The van der Waals surface area contributed by atoms with Crippen LogP contribution in [0.15, 0.2) is 10.5 Å². The molecule has 0 aliphatic rings. The minimum absolute atomic E-state index is 0.102. The smallest absolute Gasteiger partial charge is 0.300 e. The lowest BCUT2D eigenvalue weighted by Crippen LogP contribution is -2.33. The van der Waals surface area contributed by atoms with Crippen LogP contribution < -0.4 is 11.3 Å². The molecular weight excluding hydrogens is 234 g/mol. The molecule has 0 radical (unpaired) electrons. The molecule has 1 amide bonds. The fourth-order valence-corrected chi connectivity index (χ4v) is 1.73. The third kappa shape index (κ3) is 3.56. The molecule has 1 rings (SSSR count). The van der Waals surface area contributed by atoms with Gasteiger partial charge in [0.25, 0.3) is 0 Å². The van der Waals surface area contributed by atoms with Gasteiger partial charge in [-0.15, -0.1) is 0 Å². The Kier molecular flexibility index (Phi) is 5.33. The van der Waals surface area contributed by atoms with E-state index in [1.54, 1.807) is 13.0 Å². The molecule has 0 unspecified atom stereocenters. The number of hydrazine groups is 1. The molecular formula is C12H21N3O3. The summed E-state index contributed by atoms with van der Waals surface area (Å²) in [6, 6.07) is 1.99. The van der Waals surface area contributed by atoms with Gasteiger partial charge < -0.3 is 9.52 Å². The van der Waals surface area contributed by atoms with Crippen LogP contribution in [0.5, 0.6) is 0 Å². The van der Waals surface area contributed by atoms with E-state index in [-0.39, 0.29) is 12.4 Å². The number of rotatable bonds is 6. The number of nitrogens with two attached hydrogens (primary N) is 1. The van der Waals surface area contributed by atoms with Gasteiger partial charge in [0.1, 0.15) is 5.76 Å². The van der Waals surface area contributed by atoms with E-state index in [1.165, 1.54) is 0 Å². The third-order valence-electron chi connectivity index (χ3n) is 2.87. The molecule has 0 spiro atoms. The zero-order valence-corrected chi connectivity index (χ0v) is 11.1. The van der Waals surface area contributed by atoms with Crippen LogP contribution in [-0.4, -0.2) is 35.1 Å². The minimum Gasteiger partial charge on any atom is -0.456 e. The van der Waals surface area contributed by atoms with Gasteiger partial charge in [0, 0.05) is 24.7 Å². The Balaban J connectivity index is 2.83. The van der Waals surface area contributed by atoms with Gasteiger partial charge in [-0.05, 0) is 26.8 Å². The molecule has 0 aliphatic heterocycles. The summed E-state index contributed by atoms with van der Waals surface area (Å²) in [5, 5.41) is 9.02. The maximum absolute atomic E-state index is 11.3. The second-order valence-electron chi connectivity index (χ2n) is 4.45. The van der Waals surface area contributed by atoms with Gasteiger partial charge in [0.15, 0.2) is 5.76 Å². The highest BCUT2D eigenvalue weighted by molar-refractivity contribution is 5.91. The maximum Gasteiger partial charge on any atom is 0.300 e. The van der Waals surface area contributed by atoms with E-state index in [9.17, 15) is 4.79 Å². The lowest BCUT2D eigenvalue weighted by molar-refractivity contribution is 0.0924. The van der Waals surface area contributed by atoms with E-state index in [2.05, 4.69) is 18.7 Å². The van der Waals surface area contributed by atoms with Crippen molar-refractivity contribution in [1.82, 2.24) is 10.3 Å². The average molecular weight is 255 g/mol. The summed E-state index contributed by atoms with van der Waals surface area (Å²) in [4.78, 5) is 13.4. The van der Waals surface area contributed by atoms with Crippen LogP contribution in [-0.2, 0) is 6.54 Å². The summed E-state index contributed by atoms with van der Waals surface area (Å²) >= 11 is 0. The van der Waals surface area contributed by atoms with E-state index in [0.29, 0.717) is 24.9 Å². The molecule has 0 saturated carbocycles. The van der Waals surface area contributed by atoms with Gasteiger partial charge in [-0.25, -0.2) is 5.84 Å². The van der Waals surface area contributed by atoms with Crippen molar-refractivity contribution in [2.24, 2.45) is 5.84 Å². The molecule has 0 bridgehead atoms. The molecule has 1 aromatic rings. The number of carbonyl (C=O) groups is 1. The van der Waals surface area contributed by atoms with Crippen molar-refractivity contribution in [1.29, 1.82) is 0 Å². The first-order valence-electron chi connectivity index (χ1n) is 5.94. The molecule has 0 fully saturated rings. The zero-order valence-electron chi connectivity index (χ0n) is 11.1. The molecule has 102 valence electrons. The van der Waals surface area contributed by atoms with Crippen LogP contribution in [0.3, 0.4) is 0 Å². The summed E-state index contributed by atoms with van der Waals surface area (Å²) in [6.07, 6.45) is 0. The molecule has 0 aromatic carbocycles. The van der Waals surface area contributed by atoms with E-state index < -0.39 is 5.91 Å². The van der Waals surface area contributed by atoms with Crippen LogP contribution in [0.4, 0.5) is 0 Å². The number of nitrogen functional groups attached to an aromatic ring is 1. The molecule has 0 atom stereocenters. The summed E-state index contributed by atoms with van der Waals surface area (Å²) < 4.78 is 5.34. The Morgan fingerprint density at radius 3 is 2.78 bits per heavy atom. The monoisotopic (exact) mass is 255 g/mol. The molecule has 6 heteroatoms.